The largest absolute Gasteiger partial charge is 0.457 e. The number of nitrogens with two attached hydrogens (primary N) is 1. The van der Waals surface area contributed by atoms with Crippen molar-refractivity contribution in [2.75, 3.05) is 0 Å². The van der Waals surface area contributed by atoms with E-state index in [0.29, 0.717) is 6.54 Å². The van der Waals surface area contributed by atoms with Crippen LogP contribution in [0.2, 0.25) is 5.02 Å². The van der Waals surface area contributed by atoms with Crippen molar-refractivity contribution in [3.8, 4) is 11.5 Å². The van der Waals surface area contributed by atoms with Crippen molar-refractivity contribution in [1.82, 2.24) is 0 Å². The fraction of sp³-hybridized carbons (Fsp3) is 0.200. The fourth-order valence-corrected chi connectivity index (χ4v) is 1.90. The molecule has 2 N–H and O–H groups in total. The Hall–Kier alpha value is -1.51. The Bertz CT molecular complexity index is 566. The van der Waals surface area contributed by atoms with Gasteiger partial charge in [0, 0.05) is 11.6 Å². The molecule has 0 aliphatic heterocycles. The minimum Gasteiger partial charge on any atom is -0.457 e. The van der Waals surface area contributed by atoms with Gasteiger partial charge in [-0.1, -0.05) is 17.7 Å². The normalized spacial score (nSPS) is 10.4. The Kier molecular flexibility index (Phi) is 3.90. The van der Waals surface area contributed by atoms with Crippen LogP contribution in [0.25, 0.3) is 0 Å². The van der Waals surface area contributed by atoms with Crippen LogP contribution in [-0.2, 0) is 6.54 Å². The third kappa shape index (κ3) is 2.84. The predicted molar refractivity (Wildman–Crippen MR) is 75.3 cm³/mol. The molecule has 0 amide bonds. The number of hydrogen-bond acceptors (Lipinski definition) is 2. The first-order valence-electron chi connectivity index (χ1n) is 5.84. The molecule has 2 rings (SSSR count). The lowest BCUT2D eigenvalue weighted by Gasteiger charge is -2.10. The van der Waals surface area contributed by atoms with Crippen LogP contribution in [0.1, 0.15) is 16.7 Å². The summed E-state index contributed by atoms with van der Waals surface area (Å²) < 4.78 is 5.80. The second-order valence-corrected chi connectivity index (χ2v) is 4.71. The van der Waals surface area contributed by atoms with E-state index in [9.17, 15) is 0 Å². The van der Waals surface area contributed by atoms with Gasteiger partial charge in [-0.15, -0.1) is 0 Å². The molecule has 0 heterocycles. The van der Waals surface area contributed by atoms with Crippen LogP contribution in [0.15, 0.2) is 36.4 Å². The Morgan fingerprint density at radius 2 is 1.61 bits per heavy atom. The summed E-state index contributed by atoms with van der Waals surface area (Å²) in [6, 6.07) is 11.5. The summed E-state index contributed by atoms with van der Waals surface area (Å²) in [5.41, 5.74) is 8.91. The Balaban J connectivity index is 2.23. The van der Waals surface area contributed by atoms with Gasteiger partial charge in [-0.25, -0.2) is 0 Å². The zero-order valence-electron chi connectivity index (χ0n) is 10.5. The van der Waals surface area contributed by atoms with Crippen LogP contribution in [0.5, 0.6) is 11.5 Å². The minimum atomic E-state index is 0.548. The highest BCUT2D eigenvalue weighted by Crippen LogP contribution is 2.27. The van der Waals surface area contributed by atoms with Crippen molar-refractivity contribution < 1.29 is 4.74 Å². The van der Waals surface area contributed by atoms with Crippen molar-refractivity contribution in [2.45, 2.75) is 20.4 Å². The van der Waals surface area contributed by atoms with Crippen molar-refractivity contribution >= 4 is 11.6 Å². The molecular weight excluding hydrogens is 246 g/mol. The summed E-state index contributed by atoms with van der Waals surface area (Å²) in [7, 11) is 0. The van der Waals surface area contributed by atoms with E-state index in [1.807, 2.05) is 50.2 Å². The monoisotopic (exact) mass is 261 g/mol. The average Bonchev–Trinajstić information content (AvgIpc) is 2.34. The van der Waals surface area contributed by atoms with Gasteiger partial charge in [0.05, 0.1) is 0 Å². The molecule has 2 aromatic carbocycles. The average molecular weight is 262 g/mol. The molecule has 0 atom stereocenters. The molecule has 2 nitrogen and oxygen atoms in total. The first-order valence-corrected chi connectivity index (χ1v) is 6.21. The van der Waals surface area contributed by atoms with Gasteiger partial charge in [0.2, 0.25) is 0 Å². The third-order valence-electron chi connectivity index (χ3n) is 2.90. The molecular formula is C15H16ClNO. The molecule has 3 heteroatoms. The fourth-order valence-electron chi connectivity index (χ4n) is 1.78. The summed E-state index contributed by atoms with van der Waals surface area (Å²) in [6.45, 7) is 4.53. The zero-order valence-corrected chi connectivity index (χ0v) is 11.3. The van der Waals surface area contributed by atoms with E-state index in [4.69, 9.17) is 22.1 Å². The van der Waals surface area contributed by atoms with E-state index in [2.05, 4.69) is 0 Å². The maximum atomic E-state index is 5.98. The topological polar surface area (TPSA) is 35.2 Å². The van der Waals surface area contributed by atoms with Crippen LogP contribution in [0.3, 0.4) is 0 Å². The highest BCUT2D eigenvalue weighted by atomic mass is 35.5. The smallest absolute Gasteiger partial charge is 0.127 e. The molecule has 0 aromatic heterocycles. The molecule has 18 heavy (non-hydrogen) atoms. The number of halogens is 1. The number of aryl methyl sites for hydroxylation is 2. The van der Waals surface area contributed by atoms with Crippen LogP contribution in [0, 0.1) is 13.8 Å². The zero-order chi connectivity index (χ0) is 13.1. The maximum Gasteiger partial charge on any atom is 0.127 e. The van der Waals surface area contributed by atoms with Gasteiger partial charge >= 0.3 is 0 Å². The number of benzene rings is 2. The molecule has 0 saturated heterocycles. The van der Waals surface area contributed by atoms with Gasteiger partial charge in [-0.05, 0) is 60.9 Å². The SMILES string of the molecule is Cc1cc(Oc2ccc(CN)c(C)c2)ccc1Cl. The van der Waals surface area contributed by atoms with Crippen LogP contribution < -0.4 is 10.5 Å². The van der Waals surface area contributed by atoms with Crippen molar-refractivity contribution in [2.24, 2.45) is 5.73 Å². The molecule has 0 aliphatic rings. The van der Waals surface area contributed by atoms with Crippen LogP contribution in [0.4, 0.5) is 0 Å². The second-order valence-electron chi connectivity index (χ2n) is 4.31. The molecule has 0 fully saturated rings. The van der Waals surface area contributed by atoms with Gasteiger partial charge in [0.15, 0.2) is 0 Å². The number of hydrogen-bond donors (Lipinski definition) is 1. The highest BCUT2D eigenvalue weighted by Gasteiger charge is 2.03. The Labute approximate surface area is 112 Å². The molecule has 0 unspecified atom stereocenters. The molecule has 94 valence electrons. The summed E-state index contributed by atoms with van der Waals surface area (Å²) >= 11 is 5.98. The molecule has 0 saturated carbocycles. The molecule has 2 aromatic rings. The quantitative estimate of drug-likeness (QED) is 0.898. The summed E-state index contributed by atoms with van der Waals surface area (Å²) in [5, 5.41) is 0.747. The molecule has 0 spiro atoms. The second kappa shape index (κ2) is 5.42. The first kappa shape index (κ1) is 12.9. The van der Waals surface area contributed by atoms with E-state index in [-0.39, 0.29) is 0 Å². The van der Waals surface area contributed by atoms with Crippen LogP contribution in [-0.4, -0.2) is 0 Å². The molecule has 0 bridgehead atoms. The number of ether oxygens (including phenoxy) is 1. The van der Waals surface area contributed by atoms with Crippen molar-refractivity contribution in [1.29, 1.82) is 0 Å². The third-order valence-corrected chi connectivity index (χ3v) is 3.32. The number of rotatable bonds is 3. The Morgan fingerprint density at radius 3 is 2.17 bits per heavy atom. The van der Waals surface area contributed by atoms with E-state index in [1.54, 1.807) is 0 Å². The highest BCUT2D eigenvalue weighted by molar-refractivity contribution is 6.31. The van der Waals surface area contributed by atoms with Gasteiger partial charge in [-0.3, -0.25) is 0 Å². The molecule has 0 aliphatic carbocycles. The van der Waals surface area contributed by atoms with Crippen molar-refractivity contribution in [3.63, 3.8) is 0 Å². The lowest BCUT2D eigenvalue weighted by Crippen LogP contribution is -1.98. The lowest BCUT2D eigenvalue weighted by atomic mass is 10.1. The summed E-state index contributed by atoms with van der Waals surface area (Å²) in [4.78, 5) is 0. The van der Waals surface area contributed by atoms with Crippen molar-refractivity contribution in [3.05, 3.63) is 58.1 Å². The summed E-state index contributed by atoms with van der Waals surface area (Å²) in [5.74, 6) is 1.60. The van der Waals surface area contributed by atoms with E-state index in [1.165, 1.54) is 0 Å². The lowest BCUT2D eigenvalue weighted by molar-refractivity contribution is 0.481. The van der Waals surface area contributed by atoms with E-state index < -0.39 is 0 Å². The van der Waals surface area contributed by atoms with Gasteiger partial charge < -0.3 is 10.5 Å². The van der Waals surface area contributed by atoms with Crippen LogP contribution >= 0.6 is 11.6 Å². The van der Waals surface area contributed by atoms with Gasteiger partial charge in [-0.2, -0.15) is 0 Å². The van der Waals surface area contributed by atoms with Gasteiger partial charge in [0.25, 0.3) is 0 Å². The van der Waals surface area contributed by atoms with Gasteiger partial charge in [0.1, 0.15) is 11.5 Å². The minimum absolute atomic E-state index is 0.548. The van der Waals surface area contributed by atoms with E-state index >= 15 is 0 Å². The van der Waals surface area contributed by atoms with E-state index in [0.717, 1.165) is 33.2 Å². The maximum absolute atomic E-state index is 5.98. The Morgan fingerprint density at radius 1 is 1.00 bits per heavy atom. The summed E-state index contributed by atoms with van der Waals surface area (Å²) in [6.07, 6.45) is 0. The first-order chi connectivity index (χ1) is 8.60. The predicted octanol–water partition coefficient (Wildman–Crippen LogP) is 4.21. The standard InChI is InChI=1S/C15H16ClNO/c1-10-7-13(4-3-12(10)9-17)18-14-5-6-15(16)11(2)8-14/h3-8H,9,17H2,1-2H3. The molecule has 0 radical (unpaired) electrons.